The molecule has 1 aliphatic rings. The molecule has 0 fully saturated rings. The van der Waals surface area contributed by atoms with Gasteiger partial charge in [-0.05, 0) is 18.6 Å². The first kappa shape index (κ1) is 15.0. The van der Waals surface area contributed by atoms with Crippen LogP contribution in [0.2, 0.25) is 0 Å². The minimum atomic E-state index is -0.369. The van der Waals surface area contributed by atoms with Gasteiger partial charge in [-0.1, -0.05) is 22.9 Å². The van der Waals surface area contributed by atoms with Gasteiger partial charge < -0.3 is 5.32 Å². The van der Waals surface area contributed by atoms with E-state index in [2.05, 4.69) is 31.3 Å². The van der Waals surface area contributed by atoms with E-state index < -0.39 is 0 Å². The number of nitro groups is 1. The fraction of sp³-hybridized carbons (Fsp3) is 0.429. The molecule has 1 N–H and O–H groups in total. The number of hydrogen-bond donors (Lipinski definition) is 1. The van der Waals surface area contributed by atoms with Gasteiger partial charge in [0.1, 0.15) is 11.5 Å². The van der Waals surface area contributed by atoms with E-state index in [1.54, 1.807) is 12.1 Å². The second-order valence-electron chi connectivity index (χ2n) is 5.28. The Kier molecular flexibility index (Phi) is 4.10. The molecule has 2 heterocycles. The van der Waals surface area contributed by atoms with E-state index in [0.29, 0.717) is 16.7 Å². The topological polar surface area (TPSA) is 85.9 Å². The molecule has 1 atom stereocenters. The molecule has 8 heteroatoms. The summed E-state index contributed by atoms with van der Waals surface area (Å²) in [6.45, 7) is 2.71. The maximum Gasteiger partial charge on any atom is 0.293 e. The number of fused-ring (bicyclic) bond motifs is 1. The fourth-order valence-electron chi connectivity index (χ4n) is 2.63. The maximum atomic E-state index is 11.2. The minimum absolute atomic E-state index is 0.0769. The Morgan fingerprint density at radius 2 is 2.36 bits per heavy atom. The average Bonchev–Trinajstić information content (AvgIpc) is 2.91. The van der Waals surface area contributed by atoms with Gasteiger partial charge in [-0.15, -0.1) is 0 Å². The lowest BCUT2D eigenvalue weighted by Gasteiger charge is -2.24. The number of aryl methyl sites for hydroxylation is 2. The molecule has 3 rings (SSSR count). The lowest BCUT2D eigenvalue weighted by Crippen LogP contribution is -2.32. The molecule has 1 aliphatic heterocycles. The highest BCUT2D eigenvalue weighted by Gasteiger charge is 2.23. The minimum Gasteiger partial charge on any atom is -0.375 e. The molecule has 22 heavy (non-hydrogen) atoms. The van der Waals surface area contributed by atoms with Gasteiger partial charge in [0.05, 0.1) is 11.5 Å². The highest BCUT2D eigenvalue weighted by molar-refractivity contribution is 9.10. The van der Waals surface area contributed by atoms with Crippen LogP contribution in [-0.4, -0.2) is 25.7 Å². The van der Waals surface area contributed by atoms with Crippen molar-refractivity contribution in [2.75, 3.05) is 5.32 Å². The third-order valence-corrected chi connectivity index (χ3v) is 4.23. The van der Waals surface area contributed by atoms with E-state index in [1.165, 1.54) is 6.07 Å². The van der Waals surface area contributed by atoms with Crippen molar-refractivity contribution in [1.82, 2.24) is 14.8 Å². The van der Waals surface area contributed by atoms with Crippen LogP contribution < -0.4 is 5.32 Å². The molecule has 116 valence electrons. The third kappa shape index (κ3) is 2.96. The first-order chi connectivity index (χ1) is 10.6. The Hall–Kier alpha value is -1.96. The van der Waals surface area contributed by atoms with Gasteiger partial charge in [0.15, 0.2) is 5.82 Å². The number of nitro benzene ring substituents is 1. The molecule has 1 unspecified atom stereocenters. The summed E-state index contributed by atoms with van der Waals surface area (Å²) in [6, 6.07) is 5.16. The summed E-state index contributed by atoms with van der Waals surface area (Å²) in [5.74, 6) is 1.85. The Morgan fingerprint density at radius 1 is 1.55 bits per heavy atom. The standard InChI is InChI=1S/C14H16BrN5O2/c1-2-13-17-14-6-4-10(8-19(14)18-13)16-11-5-3-9(15)7-12(11)20(21)22/h3,5,7,10,16H,2,4,6,8H2,1H3. The Morgan fingerprint density at radius 3 is 3.09 bits per heavy atom. The number of nitrogens with zero attached hydrogens (tertiary/aromatic N) is 4. The zero-order valence-electron chi connectivity index (χ0n) is 12.1. The SMILES string of the molecule is CCc1nc2n(n1)CC(Nc1ccc(Br)cc1[N+](=O)[O-])CC2. The maximum absolute atomic E-state index is 11.2. The summed E-state index contributed by atoms with van der Waals surface area (Å²) in [4.78, 5) is 15.3. The zero-order valence-corrected chi connectivity index (χ0v) is 13.7. The summed E-state index contributed by atoms with van der Waals surface area (Å²) in [5.41, 5.74) is 0.616. The predicted molar refractivity (Wildman–Crippen MR) is 85.9 cm³/mol. The van der Waals surface area contributed by atoms with Crippen LogP contribution in [-0.2, 0) is 19.4 Å². The molecule has 0 amide bonds. The molecule has 1 aromatic heterocycles. The predicted octanol–water partition coefficient (Wildman–Crippen LogP) is 2.94. The molecule has 0 saturated heterocycles. The lowest BCUT2D eigenvalue weighted by molar-refractivity contribution is -0.384. The van der Waals surface area contributed by atoms with Crippen molar-refractivity contribution in [2.24, 2.45) is 0 Å². The molecule has 1 aromatic carbocycles. The van der Waals surface area contributed by atoms with Crippen LogP contribution in [0.4, 0.5) is 11.4 Å². The van der Waals surface area contributed by atoms with Gasteiger partial charge in [-0.3, -0.25) is 10.1 Å². The van der Waals surface area contributed by atoms with Gasteiger partial charge in [0.25, 0.3) is 5.69 Å². The van der Waals surface area contributed by atoms with Crippen molar-refractivity contribution in [1.29, 1.82) is 0 Å². The van der Waals surface area contributed by atoms with Crippen molar-refractivity contribution < 1.29 is 4.92 Å². The van der Waals surface area contributed by atoms with Crippen molar-refractivity contribution >= 4 is 27.3 Å². The second kappa shape index (κ2) is 6.04. The number of anilines is 1. The van der Waals surface area contributed by atoms with Crippen LogP contribution in [0, 0.1) is 10.1 Å². The lowest BCUT2D eigenvalue weighted by atomic mass is 10.1. The molecule has 0 aliphatic carbocycles. The number of rotatable bonds is 4. The fourth-order valence-corrected chi connectivity index (χ4v) is 2.98. The number of hydrogen-bond acceptors (Lipinski definition) is 5. The van der Waals surface area contributed by atoms with Crippen LogP contribution in [0.3, 0.4) is 0 Å². The molecule has 0 bridgehead atoms. The van der Waals surface area contributed by atoms with E-state index in [4.69, 9.17) is 0 Å². The smallest absolute Gasteiger partial charge is 0.293 e. The average molecular weight is 366 g/mol. The molecule has 2 aromatic rings. The first-order valence-corrected chi connectivity index (χ1v) is 7.99. The largest absolute Gasteiger partial charge is 0.375 e. The highest BCUT2D eigenvalue weighted by atomic mass is 79.9. The van der Waals surface area contributed by atoms with Crippen LogP contribution in [0.5, 0.6) is 0 Å². The molecule has 0 radical (unpaired) electrons. The van der Waals surface area contributed by atoms with Crippen LogP contribution in [0.25, 0.3) is 0 Å². The number of benzene rings is 1. The first-order valence-electron chi connectivity index (χ1n) is 7.20. The Bertz CT molecular complexity index is 715. The molecular formula is C14H16BrN5O2. The highest BCUT2D eigenvalue weighted by Crippen LogP contribution is 2.29. The van der Waals surface area contributed by atoms with E-state index in [-0.39, 0.29) is 16.7 Å². The molecule has 7 nitrogen and oxygen atoms in total. The number of halogens is 1. The number of aromatic nitrogens is 3. The summed E-state index contributed by atoms with van der Waals surface area (Å²) in [7, 11) is 0. The van der Waals surface area contributed by atoms with Gasteiger partial charge in [-0.2, -0.15) is 5.10 Å². The summed E-state index contributed by atoms with van der Waals surface area (Å²) in [5, 5.41) is 18.9. The quantitative estimate of drug-likeness (QED) is 0.664. The van der Waals surface area contributed by atoms with Gasteiger partial charge >= 0.3 is 0 Å². The van der Waals surface area contributed by atoms with Crippen molar-refractivity contribution in [3.8, 4) is 0 Å². The van der Waals surface area contributed by atoms with Crippen molar-refractivity contribution in [3.05, 3.63) is 44.4 Å². The summed E-state index contributed by atoms with van der Waals surface area (Å²) < 4.78 is 2.60. The van der Waals surface area contributed by atoms with E-state index in [1.807, 2.05) is 11.6 Å². The second-order valence-corrected chi connectivity index (χ2v) is 6.19. The summed E-state index contributed by atoms with van der Waals surface area (Å²) >= 11 is 3.27. The van der Waals surface area contributed by atoms with Gasteiger partial charge in [0.2, 0.25) is 0 Å². The molecular weight excluding hydrogens is 350 g/mol. The zero-order chi connectivity index (χ0) is 15.7. The normalized spacial score (nSPS) is 17.1. The van der Waals surface area contributed by atoms with Crippen LogP contribution >= 0.6 is 15.9 Å². The van der Waals surface area contributed by atoms with E-state index >= 15 is 0 Å². The third-order valence-electron chi connectivity index (χ3n) is 3.73. The monoisotopic (exact) mass is 365 g/mol. The summed E-state index contributed by atoms with van der Waals surface area (Å²) in [6.07, 6.45) is 2.53. The van der Waals surface area contributed by atoms with E-state index in [9.17, 15) is 10.1 Å². The van der Waals surface area contributed by atoms with Gasteiger partial charge in [-0.25, -0.2) is 9.67 Å². The van der Waals surface area contributed by atoms with Crippen molar-refractivity contribution in [3.63, 3.8) is 0 Å². The molecule has 0 spiro atoms. The van der Waals surface area contributed by atoms with Crippen LogP contribution in [0.15, 0.2) is 22.7 Å². The Labute approximate surface area is 136 Å². The van der Waals surface area contributed by atoms with Crippen LogP contribution in [0.1, 0.15) is 25.0 Å². The molecule has 0 saturated carbocycles. The number of nitrogens with one attached hydrogen (secondary N) is 1. The Balaban J connectivity index is 1.79. The van der Waals surface area contributed by atoms with Gasteiger partial charge in [0, 0.05) is 29.4 Å². The van der Waals surface area contributed by atoms with E-state index in [0.717, 1.165) is 30.9 Å². The van der Waals surface area contributed by atoms with Crippen molar-refractivity contribution in [2.45, 2.75) is 38.8 Å².